The molecule has 176 valence electrons. The van der Waals surface area contributed by atoms with Crippen LogP contribution < -0.4 is 4.74 Å². The van der Waals surface area contributed by atoms with Crippen molar-refractivity contribution in [1.82, 2.24) is 14.8 Å². The molecule has 6 nitrogen and oxygen atoms in total. The third-order valence-electron chi connectivity index (χ3n) is 5.09. The van der Waals surface area contributed by atoms with Gasteiger partial charge in [-0.2, -0.15) is 18.3 Å². The number of aromatic nitrogens is 3. The van der Waals surface area contributed by atoms with Gasteiger partial charge in [0, 0.05) is 18.0 Å². The highest BCUT2D eigenvalue weighted by atomic mass is 19.4. The van der Waals surface area contributed by atoms with Gasteiger partial charge in [-0.3, -0.25) is 4.79 Å². The number of carboxylic acid groups (broad SMARTS) is 1. The smallest absolute Gasteiger partial charge is 0.417 e. The van der Waals surface area contributed by atoms with E-state index in [0.29, 0.717) is 23.7 Å². The SMILES string of the molecule is CCCc1nn(-c2ccc(C(F)(F)F)cn2)cc1CCCCOc1ccccc1CC(=O)O. The van der Waals surface area contributed by atoms with Crippen LogP contribution in [0, 0.1) is 0 Å². The second-order valence-electron chi connectivity index (χ2n) is 7.68. The van der Waals surface area contributed by atoms with Crippen molar-refractivity contribution in [1.29, 1.82) is 0 Å². The fraction of sp³-hybridized carbons (Fsp3) is 0.375. The van der Waals surface area contributed by atoms with Crippen molar-refractivity contribution in [3.8, 4) is 11.6 Å². The van der Waals surface area contributed by atoms with Gasteiger partial charge in [0.1, 0.15) is 5.75 Å². The summed E-state index contributed by atoms with van der Waals surface area (Å²) in [5.74, 6) is 0.00629. The number of carboxylic acids is 1. The fourth-order valence-electron chi connectivity index (χ4n) is 3.46. The van der Waals surface area contributed by atoms with E-state index >= 15 is 0 Å². The zero-order valence-corrected chi connectivity index (χ0v) is 18.3. The van der Waals surface area contributed by atoms with Crippen LogP contribution in [0.1, 0.15) is 48.6 Å². The van der Waals surface area contributed by atoms with Gasteiger partial charge in [0.15, 0.2) is 5.82 Å². The number of alkyl halides is 3. The van der Waals surface area contributed by atoms with E-state index in [-0.39, 0.29) is 6.42 Å². The molecule has 0 saturated heterocycles. The molecule has 0 atom stereocenters. The number of carbonyl (C=O) groups is 1. The van der Waals surface area contributed by atoms with Gasteiger partial charge in [-0.05, 0) is 49.4 Å². The Hall–Kier alpha value is -3.36. The summed E-state index contributed by atoms with van der Waals surface area (Å²) in [6.45, 7) is 2.50. The van der Waals surface area contributed by atoms with Crippen molar-refractivity contribution < 1.29 is 27.8 Å². The molecule has 3 aromatic rings. The number of hydrogen-bond donors (Lipinski definition) is 1. The first-order chi connectivity index (χ1) is 15.8. The van der Waals surface area contributed by atoms with E-state index in [2.05, 4.69) is 10.1 Å². The normalized spacial score (nSPS) is 11.5. The Bertz CT molecular complexity index is 1060. The molecule has 0 amide bonds. The van der Waals surface area contributed by atoms with Gasteiger partial charge >= 0.3 is 12.1 Å². The van der Waals surface area contributed by atoms with Crippen LogP contribution in [0.5, 0.6) is 5.75 Å². The minimum absolute atomic E-state index is 0.0896. The highest BCUT2D eigenvalue weighted by molar-refractivity contribution is 5.71. The predicted octanol–water partition coefficient (Wildman–Crippen LogP) is 5.27. The van der Waals surface area contributed by atoms with E-state index in [1.807, 2.05) is 13.1 Å². The zero-order chi connectivity index (χ0) is 23.8. The van der Waals surface area contributed by atoms with Gasteiger partial charge in [-0.15, -0.1) is 0 Å². The number of aryl methyl sites for hydroxylation is 2. The number of hydrogen-bond acceptors (Lipinski definition) is 4. The molecule has 0 unspecified atom stereocenters. The van der Waals surface area contributed by atoms with Gasteiger partial charge in [-0.25, -0.2) is 9.67 Å². The molecule has 0 spiro atoms. The number of aliphatic carboxylic acids is 1. The molecule has 0 radical (unpaired) electrons. The topological polar surface area (TPSA) is 77.2 Å². The van der Waals surface area contributed by atoms with Gasteiger partial charge in [0.25, 0.3) is 0 Å². The molecule has 3 rings (SSSR count). The molecule has 0 saturated carbocycles. The number of pyridine rings is 1. The summed E-state index contributed by atoms with van der Waals surface area (Å²) >= 11 is 0. The largest absolute Gasteiger partial charge is 0.493 e. The van der Waals surface area contributed by atoms with Crippen molar-refractivity contribution in [2.75, 3.05) is 6.61 Å². The lowest BCUT2D eigenvalue weighted by Gasteiger charge is -2.10. The van der Waals surface area contributed by atoms with Crippen molar-refractivity contribution in [3.63, 3.8) is 0 Å². The zero-order valence-electron chi connectivity index (χ0n) is 18.3. The molecule has 0 fully saturated rings. The maximum atomic E-state index is 12.8. The van der Waals surface area contributed by atoms with Crippen molar-refractivity contribution in [3.05, 3.63) is 71.2 Å². The predicted molar refractivity (Wildman–Crippen MR) is 117 cm³/mol. The lowest BCUT2D eigenvalue weighted by molar-refractivity contribution is -0.138. The first-order valence-corrected chi connectivity index (χ1v) is 10.8. The van der Waals surface area contributed by atoms with Crippen LogP contribution in [0.15, 0.2) is 48.8 Å². The Balaban J connectivity index is 1.59. The molecule has 1 aromatic carbocycles. The number of rotatable bonds is 11. The summed E-state index contributed by atoms with van der Waals surface area (Å²) in [5.41, 5.74) is 1.79. The molecule has 33 heavy (non-hydrogen) atoms. The van der Waals surface area contributed by atoms with Crippen molar-refractivity contribution in [2.45, 2.75) is 51.6 Å². The maximum Gasteiger partial charge on any atom is 0.417 e. The molecular formula is C24H26F3N3O3. The van der Waals surface area contributed by atoms with Gasteiger partial charge < -0.3 is 9.84 Å². The number of unbranched alkanes of at least 4 members (excludes halogenated alkanes) is 1. The van der Waals surface area contributed by atoms with E-state index < -0.39 is 17.7 Å². The Morgan fingerprint density at radius 3 is 2.55 bits per heavy atom. The molecular weight excluding hydrogens is 435 g/mol. The van der Waals surface area contributed by atoms with Gasteiger partial charge in [-0.1, -0.05) is 31.5 Å². The van der Waals surface area contributed by atoms with Crippen LogP contribution in [0.4, 0.5) is 13.2 Å². The minimum Gasteiger partial charge on any atom is -0.493 e. The van der Waals surface area contributed by atoms with Crippen LogP contribution in [0.3, 0.4) is 0 Å². The first-order valence-electron chi connectivity index (χ1n) is 10.8. The Labute approximate surface area is 190 Å². The van der Waals surface area contributed by atoms with Crippen molar-refractivity contribution in [2.24, 2.45) is 0 Å². The van der Waals surface area contributed by atoms with Crippen LogP contribution in [-0.4, -0.2) is 32.4 Å². The van der Waals surface area contributed by atoms with E-state index in [0.717, 1.165) is 55.6 Å². The highest BCUT2D eigenvalue weighted by Gasteiger charge is 2.30. The quantitative estimate of drug-likeness (QED) is 0.394. The van der Waals surface area contributed by atoms with Crippen LogP contribution in [0.25, 0.3) is 5.82 Å². The maximum absolute atomic E-state index is 12.8. The average molecular weight is 461 g/mol. The van der Waals surface area contributed by atoms with E-state index in [1.165, 1.54) is 10.7 Å². The molecule has 1 N–H and O–H groups in total. The number of para-hydroxylation sites is 1. The summed E-state index contributed by atoms with van der Waals surface area (Å²) in [4.78, 5) is 14.9. The summed E-state index contributed by atoms with van der Waals surface area (Å²) in [6.07, 6.45) is 2.12. The number of halogens is 3. The van der Waals surface area contributed by atoms with Crippen molar-refractivity contribution >= 4 is 5.97 Å². The molecule has 0 aliphatic carbocycles. The standard InChI is InChI=1S/C24H26F3N3O3/c1-2-7-20-18(16-30(29-20)22-12-11-19(15-28-22)24(25,26)27)9-5-6-13-33-21-10-4-3-8-17(21)14-23(31)32/h3-4,8,10-12,15-16H,2,5-7,9,13-14H2,1H3,(H,31,32). The average Bonchev–Trinajstić information content (AvgIpc) is 3.17. The lowest BCUT2D eigenvalue weighted by Crippen LogP contribution is -2.07. The molecule has 9 heteroatoms. The second kappa shape index (κ2) is 11.0. The Kier molecular flexibility index (Phi) is 8.08. The summed E-state index contributed by atoms with van der Waals surface area (Å²) in [6, 6.07) is 9.41. The number of benzene rings is 1. The highest BCUT2D eigenvalue weighted by Crippen LogP contribution is 2.29. The third kappa shape index (κ3) is 6.81. The number of nitrogens with zero attached hydrogens (tertiary/aromatic N) is 3. The van der Waals surface area contributed by atoms with E-state index in [1.54, 1.807) is 24.3 Å². The Morgan fingerprint density at radius 2 is 1.88 bits per heavy atom. The monoisotopic (exact) mass is 461 g/mol. The van der Waals surface area contributed by atoms with E-state index in [9.17, 15) is 18.0 Å². The summed E-state index contributed by atoms with van der Waals surface area (Å²) in [5, 5.41) is 13.5. The van der Waals surface area contributed by atoms with Crippen LogP contribution in [-0.2, 0) is 30.2 Å². The summed E-state index contributed by atoms with van der Waals surface area (Å²) < 4.78 is 45.6. The number of ether oxygens (including phenoxy) is 1. The summed E-state index contributed by atoms with van der Waals surface area (Å²) in [7, 11) is 0. The lowest BCUT2D eigenvalue weighted by atomic mass is 10.1. The molecule has 0 aliphatic heterocycles. The fourth-order valence-corrected chi connectivity index (χ4v) is 3.46. The Morgan fingerprint density at radius 1 is 1.09 bits per heavy atom. The second-order valence-corrected chi connectivity index (χ2v) is 7.68. The van der Waals surface area contributed by atoms with Crippen LogP contribution in [0.2, 0.25) is 0 Å². The van der Waals surface area contributed by atoms with E-state index in [4.69, 9.17) is 9.84 Å². The molecule has 2 heterocycles. The molecule has 0 aliphatic rings. The molecule has 0 bridgehead atoms. The first kappa shape index (κ1) is 24.3. The van der Waals surface area contributed by atoms with Crippen LogP contribution >= 0.6 is 0 Å². The molecule has 2 aromatic heterocycles. The van der Waals surface area contributed by atoms with Gasteiger partial charge in [0.05, 0.1) is 24.3 Å². The third-order valence-corrected chi connectivity index (χ3v) is 5.09. The minimum atomic E-state index is -4.43. The van der Waals surface area contributed by atoms with Gasteiger partial charge in [0.2, 0.25) is 0 Å².